The lowest BCUT2D eigenvalue weighted by atomic mass is 9.97. The maximum Gasteiger partial charge on any atom is 0.277 e. The van der Waals surface area contributed by atoms with E-state index in [0.717, 1.165) is 16.0 Å². The van der Waals surface area contributed by atoms with Gasteiger partial charge in [0.2, 0.25) is 0 Å². The Morgan fingerprint density at radius 2 is 1.42 bits per heavy atom. The first-order valence-corrected chi connectivity index (χ1v) is 9.05. The molecule has 6 nitrogen and oxygen atoms in total. The van der Waals surface area contributed by atoms with Crippen LogP contribution in [0.15, 0.2) is 70.2 Å². The number of hydrogen-bond donors (Lipinski definition) is 0. The van der Waals surface area contributed by atoms with E-state index in [0.29, 0.717) is 22.2 Å². The summed E-state index contributed by atoms with van der Waals surface area (Å²) in [4.78, 5) is 12.1. The Morgan fingerprint density at radius 3 is 2.08 bits per heavy atom. The van der Waals surface area contributed by atoms with Gasteiger partial charge >= 0.3 is 0 Å². The van der Waals surface area contributed by atoms with Gasteiger partial charge in [-0.15, -0.1) is 11.8 Å². The highest BCUT2D eigenvalue weighted by molar-refractivity contribution is 7.98. The zero-order valence-electron chi connectivity index (χ0n) is 13.7. The van der Waals surface area contributed by atoms with Gasteiger partial charge in [0.25, 0.3) is 5.69 Å². The topological polar surface area (TPSA) is 82.1 Å². The molecular weight excluding hydrogens is 350 g/mol. The summed E-state index contributed by atoms with van der Waals surface area (Å²) in [6.07, 6.45) is 2.01. The van der Waals surface area contributed by atoms with E-state index in [-0.39, 0.29) is 5.69 Å². The van der Waals surface area contributed by atoms with Gasteiger partial charge in [0.15, 0.2) is 0 Å². The van der Waals surface area contributed by atoms with Gasteiger partial charge < -0.3 is 0 Å². The summed E-state index contributed by atoms with van der Waals surface area (Å²) in [5, 5.41) is 19.5. The van der Waals surface area contributed by atoms with Crippen LogP contribution in [0.25, 0.3) is 33.3 Å². The number of para-hydroxylation sites is 1. The van der Waals surface area contributed by atoms with Crippen LogP contribution >= 0.6 is 11.8 Å². The average molecular weight is 363 g/mol. The molecule has 0 aliphatic heterocycles. The third-order valence-electron chi connectivity index (χ3n) is 4.20. The second-order valence-corrected chi connectivity index (χ2v) is 6.44. The highest BCUT2D eigenvalue weighted by Crippen LogP contribution is 2.39. The molecule has 0 aliphatic carbocycles. The van der Waals surface area contributed by atoms with E-state index in [1.165, 1.54) is 6.07 Å². The van der Waals surface area contributed by atoms with Crippen LogP contribution in [-0.4, -0.2) is 21.5 Å². The Morgan fingerprint density at radius 1 is 0.846 bits per heavy atom. The maximum atomic E-state index is 11.4. The molecule has 4 rings (SSSR count). The minimum atomic E-state index is -0.397. The van der Waals surface area contributed by atoms with Crippen molar-refractivity contribution in [2.45, 2.75) is 4.90 Å². The van der Waals surface area contributed by atoms with E-state index in [1.807, 2.05) is 42.7 Å². The molecule has 0 saturated carbocycles. The van der Waals surface area contributed by atoms with E-state index in [2.05, 4.69) is 10.3 Å². The van der Waals surface area contributed by atoms with E-state index < -0.39 is 4.92 Å². The Labute approximate surface area is 153 Å². The zero-order valence-corrected chi connectivity index (χ0v) is 14.6. The van der Waals surface area contributed by atoms with E-state index in [1.54, 1.807) is 30.0 Å². The number of nitrogens with zero attached hydrogens (tertiary/aromatic N) is 3. The van der Waals surface area contributed by atoms with Gasteiger partial charge in [-0.3, -0.25) is 10.1 Å². The molecule has 1 heterocycles. The largest absolute Gasteiger partial charge is 0.277 e. The molecule has 0 N–H and O–H groups in total. The number of hydrogen-bond acceptors (Lipinski definition) is 6. The Hall–Kier alpha value is -3.19. The smallest absolute Gasteiger partial charge is 0.258 e. The van der Waals surface area contributed by atoms with E-state index in [9.17, 15) is 10.1 Å². The number of benzene rings is 3. The van der Waals surface area contributed by atoms with Crippen LogP contribution in [0.1, 0.15) is 0 Å². The van der Waals surface area contributed by atoms with Gasteiger partial charge in [0.05, 0.1) is 10.5 Å². The average Bonchev–Trinajstić information content (AvgIpc) is 3.17. The molecule has 128 valence electrons. The fraction of sp³-hybridized carbons (Fsp3) is 0.0526. The predicted octanol–water partition coefficient (Wildman–Crippen LogP) is 5.19. The van der Waals surface area contributed by atoms with Crippen molar-refractivity contribution in [2.75, 3.05) is 6.26 Å². The molecule has 0 atom stereocenters. The van der Waals surface area contributed by atoms with Crippen LogP contribution in [0, 0.1) is 10.1 Å². The molecule has 3 aromatic carbocycles. The summed E-state index contributed by atoms with van der Waals surface area (Å²) in [6, 6.07) is 18.3. The molecule has 0 bridgehead atoms. The summed E-state index contributed by atoms with van der Waals surface area (Å²) in [6.45, 7) is 0. The van der Waals surface area contributed by atoms with Crippen molar-refractivity contribution < 1.29 is 9.55 Å². The third kappa shape index (κ3) is 2.62. The molecule has 0 fully saturated rings. The third-order valence-corrected chi connectivity index (χ3v) is 5.00. The number of fused-ring (bicyclic) bond motifs is 1. The molecule has 0 saturated heterocycles. The van der Waals surface area contributed by atoms with Crippen LogP contribution in [0.2, 0.25) is 0 Å². The minimum Gasteiger partial charge on any atom is -0.258 e. The van der Waals surface area contributed by atoms with Crippen LogP contribution in [0.5, 0.6) is 0 Å². The van der Waals surface area contributed by atoms with Crippen LogP contribution in [0.4, 0.5) is 5.69 Å². The van der Waals surface area contributed by atoms with Crippen LogP contribution < -0.4 is 0 Å². The first kappa shape index (κ1) is 16.3. The van der Waals surface area contributed by atoms with Crippen molar-refractivity contribution in [3.63, 3.8) is 0 Å². The lowest BCUT2D eigenvalue weighted by Gasteiger charge is -2.09. The quantitative estimate of drug-likeness (QED) is 0.282. The monoisotopic (exact) mass is 363 g/mol. The zero-order chi connectivity index (χ0) is 18.1. The van der Waals surface area contributed by atoms with Crippen molar-refractivity contribution in [1.82, 2.24) is 10.3 Å². The number of rotatable bonds is 4. The summed E-state index contributed by atoms with van der Waals surface area (Å²) in [5.41, 5.74) is 4.13. The lowest BCUT2D eigenvalue weighted by molar-refractivity contribution is -0.384. The van der Waals surface area contributed by atoms with E-state index in [4.69, 9.17) is 4.63 Å². The lowest BCUT2D eigenvalue weighted by Crippen LogP contribution is -1.93. The first-order chi connectivity index (χ1) is 12.7. The van der Waals surface area contributed by atoms with E-state index >= 15 is 0 Å². The number of thioether (sulfide) groups is 1. The first-order valence-electron chi connectivity index (χ1n) is 7.83. The van der Waals surface area contributed by atoms with Crippen molar-refractivity contribution in [1.29, 1.82) is 0 Å². The van der Waals surface area contributed by atoms with Gasteiger partial charge in [0.1, 0.15) is 11.0 Å². The van der Waals surface area contributed by atoms with Gasteiger partial charge in [0, 0.05) is 22.1 Å². The predicted molar refractivity (Wildman–Crippen MR) is 101 cm³/mol. The molecule has 0 unspecified atom stereocenters. The summed E-state index contributed by atoms with van der Waals surface area (Å²) < 4.78 is 4.99. The van der Waals surface area contributed by atoms with Gasteiger partial charge in [-0.1, -0.05) is 42.5 Å². The number of aromatic nitrogens is 2. The van der Waals surface area contributed by atoms with Crippen molar-refractivity contribution in [3.8, 4) is 22.3 Å². The van der Waals surface area contributed by atoms with Crippen molar-refractivity contribution in [3.05, 3.63) is 70.8 Å². The fourth-order valence-electron chi connectivity index (χ4n) is 3.03. The highest BCUT2D eigenvalue weighted by atomic mass is 32.2. The van der Waals surface area contributed by atoms with Crippen molar-refractivity contribution in [2.24, 2.45) is 0 Å². The summed E-state index contributed by atoms with van der Waals surface area (Å²) >= 11 is 1.64. The van der Waals surface area contributed by atoms with Crippen LogP contribution in [0.3, 0.4) is 0 Å². The molecule has 0 amide bonds. The fourth-order valence-corrected chi connectivity index (χ4v) is 3.64. The molecule has 0 radical (unpaired) electrons. The summed E-state index contributed by atoms with van der Waals surface area (Å²) in [5.74, 6) is 0. The molecule has 26 heavy (non-hydrogen) atoms. The number of nitro benzene ring substituents is 1. The van der Waals surface area contributed by atoms with Gasteiger partial charge in [-0.2, -0.15) is 0 Å². The number of nitro groups is 1. The molecular formula is C19H13N3O3S. The Balaban J connectivity index is 1.98. The molecule has 7 heteroatoms. The SMILES string of the molecule is CSc1ccccc1-c1ccc(-c2ccccc2[N+](=O)[O-])c2nonc12. The molecule has 0 spiro atoms. The Bertz CT molecular complexity index is 1120. The standard InChI is InChI=1S/C19H13N3O3S/c1-26-17-9-5-3-7-13(17)15-11-10-14(18-19(15)21-25-20-18)12-6-2-4-8-16(12)22(23)24/h2-11H,1H3. The minimum absolute atomic E-state index is 0.0223. The normalized spacial score (nSPS) is 11.0. The molecule has 4 aromatic rings. The summed E-state index contributed by atoms with van der Waals surface area (Å²) in [7, 11) is 0. The van der Waals surface area contributed by atoms with Gasteiger partial charge in [-0.25, -0.2) is 4.63 Å². The molecule has 0 aliphatic rings. The van der Waals surface area contributed by atoms with Gasteiger partial charge in [-0.05, 0) is 34.3 Å². The second-order valence-electron chi connectivity index (χ2n) is 5.60. The maximum absolute atomic E-state index is 11.4. The second kappa shape index (κ2) is 6.61. The Kier molecular flexibility index (Phi) is 4.14. The molecule has 1 aromatic heterocycles. The highest BCUT2D eigenvalue weighted by Gasteiger charge is 2.21. The van der Waals surface area contributed by atoms with Crippen LogP contribution in [-0.2, 0) is 0 Å². The van der Waals surface area contributed by atoms with Crippen molar-refractivity contribution >= 4 is 28.5 Å².